The number of carbonyl (C=O) groups excluding carboxylic acids is 2. The van der Waals surface area contributed by atoms with Crippen LogP contribution in [0.3, 0.4) is 0 Å². The maximum Gasteiger partial charge on any atom is 0.342 e. The molecule has 136 valence electrons. The molecule has 0 aromatic heterocycles. The molecule has 0 radical (unpaired) electrons. The number of phenols is 2. The number of nitrogens with one attached hydrogen (secondary N) is 1. The molecular formula is C19H20N2O5. The number of esters is 1. The molecule has 2 rings (SSSR count). The van der Waals surface area contributed by atoms with Gasteiger partial charge in [-0.05, 0) is 18.9 Å². The maximum atomic E-state index is 12.2. The van der Waals surface area contributed by atoms with Crippen molar-refractivity contribution in [2.75, 3.05) is 6.61 Å². The van der Waals surface area contributed by atoms with Gasteiger partial charge in [-0.3, -0.25) is 4.79 Å². The van der Waals surface area contributed by atoms with Gasteiger partial charge in [-0.1, -0.05) is 38.1 Å². The number of hydrogen-bond acceptors (Lipinski definition) is 6. The zero-order valence-corrected chi connectivity index (χ0v) is 14.7. The Labute approximate surface area is 150 Å². The number of aromatic hydroxyl groups is 2. The van der Waals surface area contributed by atoms with E-state index in [1.165, 1.54) is 0 Å². The lowest BCUT2D eigenvalue weighted by atomic mass is 9.90. The van der Waals surface area contributed by atoms with Crippen molar-refractivity contribution in [1.82, 2.24) is 5.32 Å². The van der Waals surface area contributed by atoms with E-state index >= 15 is 0 Å². The fourth-order valence-corrected chi connectivity index (χ4v) is 2.33. The van der Waals surface area contributed by atoms with Gasteiger partial charge in [0.15, 0.2) is 6.61 Å². The Morgan fingerprint density at radius 1 is 1.27 bits per heavy atom. The highest BCUT2D eigenvalue weighted by atomic mass is 16.5. The highest BCUT2D eigenvalue weighted by molar-refractivity contribution is 6.04. The summed E-state index contributed by atoms with van der Waals surface area (Å²) in [7, 11) is 0. The molecule has 0 heterocycles. The van der Waals surface area contributed by atoms with Crippen LogP contribution < -0.4 is 5.32 Å². The van der Waals surface area contributed by atoms with Crippen LogP contribution in [0.25, 0.3) is 10.8 Å². The molecule has 0 aliphatic rings. The molecule has 26 heavy (non-hydrogen) atoms. The van der Waals surface area contributed by atoms with Crippen LogP contribution in [-0.4, -0.2) is 34.2 Å². The Kier molecular flexibility index (Phi) is 5.36. The quantitative estimate of drug-likeness (QED) is 0.559. The lowest BCUT2D eigenvalue weighted by Crippen LogP contribution is -2.50. The zero-order chi connectivity index (χ0) is 19.5. The third kappa shape index (κ3) is 3.70. The minimum absolute atomic E-state index is 0.145. The normalized spacial score (nSPS) is 13.0. The predicted molar refractivity (Wildman–Crippen MR) is 94.6 cm³/mol. The van der Waals surface area contributed by atoms with E-state index in [1.54, 1.807) is 45.0 Å². The second-order valence-corrected chi connectivity index (χ2v) is 6.43. The van der Waals surface area contributed by atoms with Gasteiger partial charge in [-0.2, -0.15) is 5.26 Å². The fraction of sp³-hybridized carbons (Fsp3) is 0.316. The van der Waals surface area contributed by atoms with Gasteiger partial charge in [0.05, 0.1) is 6.07 Å². The van der Waals surface area contributed by atoms with Crippen molar-refractivity contribution in [3.63, 3.8) is 0 Å². The molecule has 7 nitrogen and oxygen atoms in total. The van der Waals surface area contributed by atoms with Crippen LogP contribution in [0.1, 0.15) is 31.1 Å². The summed E-state index contributed by atoms with van der Waals surface area (Å²) in [6, 6.07) is 9.59. The number of carbonyl (C=O) groups is 2. The Hall–Kier alpha value is -3.27. The van der Waals surface area contributed by atoms with Crippen molar-refractivity contribution < 1.29 is 24.5 Å². The van der Waals surface area contributed by atoms with E-state index in [1.807, 2.05) is 6.07 Å². The molecule has 1 amide bonds. The van der Waals surface area contributed by atoms with Gasteiger partial charge in [-0.15, -0.1) is 0 Å². The van der Waals surface area contributed by atoms with Crippen LogP contribution in [0.4, 0.5) is 0 Å². The summed E-state index contributed by atoms with van der Waals surface area (Å²) < 4.78 is 4.91. The number of fused-ring (bicyclic) bond motifs is 1. The molecule has 0 saturated heterocycles. The van der Waals surface area contributed by atoms with Crippen molar-refractivity contribution in [2.45, 2.75) is 26.3 Å². The molecule has 0 spiro atoms. The van der Waals surface area contributed by atoms with Gasteiger partial charge in [0, 0.05) is 10.8 Å². The maximum absolute atomic E-state index is 12.2. The third-order valence-corrected chi connectivity index (χ3v) is 4.33. The second kappa shape index (κ2) is 7.31. The largest absolute Gasteiger partial charge is 0.507 e. The van der Waals surface area contributed by atoms with Crippen molar-refractivity contribution in [1.29, 1.82) is 5.26 Å². The monoisotopic (exact) mass is 356 g/mol. The molecule has 0 aliphatic carbocycles. The first-order valence-corrected chi connectivity index (χ1v) is 8.02. The minimum Gasteiger partial charge on any atom is -0.507 e. The van der Waals surface area contributed by atoms with Gasteiger partial charge in [0.2, 0.25) is 0 Å². The number of nitriles is 1. The molecule has 7 heteroatoms. The summed E-state index contributed by atoms with van der Waals surface area (Å²) in [4.78, 5) is 24.2. The molecule has 0 bridgehead atoms. The third-order valence-electron chi connectivity index (χ3n) is 4.33. The average molecular weight is 356 g/mol. The summed E-state index contributed by atoms with van der Waals surface area (Å²) in [5.74, 6) is -2.27. The van der Waals surface area contributed by atoms with Gasteiger partial charge >= 0.3 is 5.97 Å². The Balaban J connectivity index is 2.14. The summed E-state index contributed by atoms with van der Waals surface area (Å²) in [6.07, 6.45) is 0. The fourth-order valence-electron chi connectivity index (χ4n) is 2.33. The van der Waals surface area contributed by atoms with Gasteiger partial charge in [0.1, 0.15) is 22.6 Å². The van der Waals surface area contributed by atoms with Crippen LogP contribution in [0.15, 0.2) is 30.3 Å². The molecule has 0 aliphatic heterocycles. The number of phenolic OH excluding ortho intramolecular Hbond substituents is 2. The number of ether oxygens (including phenoxy) is 1. The van der Waals surface area contributed by atoms with Crippen LogP contribution in [0.5, 0.6) is 11.5 Å². The number of benzene rings is 2. The summed E-state index contributed by atoms with van der Waals surface area (Å²) >= 11 is 0. The first-order chi connectivity index (χ1) is 12.2. The number of amides is 1. The lowest BCUT2D eigenvalue weighted by molar-refractivity contribution is -0.125. The summed E-state index contributed by atoms with van der Waals surface area (Å²) in [6.45, 7) is 4.53. The van der Waals surface area contributed by atoms with Crippen molar-refractivity contribution in [3.8, 4) is 17.6 Å². The molecule has 0 fully saturated rings. The predicted octanol–water partition coefficient (Wildman–Crippen LogP) is 2.46. The smallest absolute Gasteiger partial charge is 0.342 e. The minimum atomic E-state index is -1.09. The Morgan fingerprint density at radius 2 is 1.88 bits per heavy atom. The highest BCUT2D eigenvalue weighted by Gasteiger charge is 2.30. The molecule has 1 atom stereocenters. The van der Waals surface area contributed by atoms with Crippen LogP contribution in [0.2, 0.25) is 0 Å². The molecule has 2 aromatic carbocycles. The topological polar surface area (TPSA) is 120 Å². The highest BCUT2D eigenvalue weighted by Crippen LogP contribution is 2.35. The van der Waals surface area contributed by atoms with E-state index in [9.17, 15) is 25.1 Å². The first-order valence-electron chi connectivity index (χ1n) is 8.02. The van der Waals surface area contributed by atoms with Gasteiger partial charge in [0.25, 0.3) is 5.91 Å². The van der Waals surface area contributed by atoms with Gasteiger partial charge < -0.3 is 20.3 Å². The summed E-state index contributed by atoms with van der Waals surface area (Å²) in [5.41, 5.74) is -1.34. The molecule has 3 N–H and O–H groups in total. The van der Waals surface area contributed by atoms with Crippen LogP contribution in [0, 0.1) is 17.2 Å². The van der Waals surface area contributed by atoms with Crippen molar-refractivity contribution in [2.24, 2.45) is 5.92 Å². The lowest BCUT2D eigenvalue weighted by Gasteiger charge is -2.27. The van der Waals surface area contributed by atoms with E-state index in [0.29, 0.717) is 10.8 Å². The average Bonchev–Trinajstić information content (AvgIpc) is 2.62. The Bertz CT molecular complexity index is 901. The second-order valence-electron chi connectivity index (χ2n) is 6.43. The molecule has 0 unspecified atom stereocenters. The van der Waals surface area contributed by atoms with Crippen molar-refractivity contribution in [3.05, 3.63) is 35.9 Å². The van der Waals surface area contributed by atoms with Crippen molar-refractivity contribution >= 4 is 22.6 Å². The van der Waals surface area contributed by atoms with E-state index in [2.05, 4.69) is 5.32 Å². The van der Waals surface area contributed by atoms with E-state index < -0.39 is 24.0 Å². The number of rotatable bonds is 5. The SMILES string of the molecule is CC(C)[C@@](C)(C#N)NC(=O)COC(=O)c1cc(O)c2ccccc2c1O. The Morgan fingerprint density at radius 3 is 2.46 bits per heavy atom. The molecule has 2 aromatic rings. The van der Waals surface area contributed by atoms with Gasteiger partial charge in [-0.25, -0.2) is 4.79 Å². The van der Waals surface area contributed by atoms with Crippen LogP contribution in [-0.2, 0) is 9.53 Å². The number of hydrogen-bond donors (Lipinski definition) is 3. The number of nitrogens with zero attached hydrogens (tertiary/aromatic N) is 1. The standard InChI is InChI=1S/C19H20N2O5/c1-11(2)19(3,10-20)21-16(23)9-26-18(25)14-8-15(22)12-6-4-5-7-13(12)17(14)24/h4-8,11,22,24H,9H2,1-3H3,(H,21,23)/t19-/m1/s1. The van der Waals surface area contributed by atoms with E-state index in [-0.39, 0.29) is 23.0 Å². The molecule has 0 saturated carbocycles. The van der Waals surface area contributed by atoms with E-state index in [0.717, 1.165) is 6.07 Å². The van der Waals surface area contributed by atoms with E-state index in [4.69, 9.17) is 4.74 Å². The zero-order valence-electron chi connectivity index (χ0n) is 14.7. The first kappa shape index (κ1) is 19.1. The summed E-state index contributed by atoms with van der Waals surface area (Å²) in [5, 5.41) is 32.7. The molecular weight excluding hydrogens is 336 g/mol. The van der Waals surface area contributed by atoms with Crippen LogP contribution >= 0.6 is 0 Å².